The van der Waals surface area contributed by atoms with Gasteiger partial charge in [-0.3, -0.25) is 5.14 Å². The van der Waals surface area contributed by atoms with Crippen LogP contribution in [0.5, 0.6) is 0 Å². The van der Waals surface area contributed by atoms with Crippen LogP contribution >= 0.6 is 0 Å². The zero-order chi connectivity index (χ0) is 13.3. The molecule has 98 valence electrons. The first-order chi connectivity index (χ1) is 8.49. The first-order valence-electron chi connectivity index (χ1n) is 5.79. The minimum atomic E-state index is -1.29. The molecule has 2 unspecified atom stereocenters. The van der Waals surface area contributed by atoms with Gasteiger partial charge >= 0.3 is 0 Å². The van der Waals surface area contributed by atoms with Crippen LogP contribution in [0.1, 0.15) is 31.9 Å². The molecule has 2 rings (SSSR count). The van der Waals surface area contributed by atoms with Gasteiger partial charge in [0.1, 0.15) is 0 Å². The van der Waals surface area contributed by atoms with Gasteiger partial charge in [-0.15, -0.1) is 5.10 Å². The van der Waals surface area contributed by atoms with Gasteiger partial charge in [-0.2, -0.15) is 10.2 Å². The molecule has 0 aliphatic heterocycles. The van der Waals surface area contributed by atoms with Crippen LogP contribution < -0.4 is 5.14 Å². The topological polar surface area (TPSA) is 86.7 Å². The van der Waals surface area contributed by atoms with E-state index in [4.69, 9.17) is 5.14 Å². The van der Waals surface area contributed by atoms with Crippen molar-refractivity contribution < 1.29 is 4.21 Å². The highest BCUT2D eigenvalue weighted by atomic mass is 32.2. The lowest BCUT2D eigenvalue weighted by molar-refractivity contribution is 0.621. The summed E-state index contributed by atoms with van der Waals surface area (Å²) < 4.78 is 12.9. The molecule has 6 nitrogen and oxygen atoms in total. The summed E-state index contributed by atoms with van der Waals surface area (Å²) >= 11 is 0. The quantitative estimate of drug-likeness (QED) is 0.890. The zero-order valence-electron chi connectivity index (χ0n) is 10.7. The Hall–Kier alpha value is -1.34. The van der Waals surface area contributed by atoms with Gasteiger partial charge in [-0.1, -0.05) is 6.92 Å². The second kappa shape index (κ2) is 5.11. The predicted octanol–water partition coefficient (Wildman–Crippen LogP) is 0.868. The van der Waals surface area contributed by atoms with Crippen molar-refractivity contribution in [1.82, 2.24) is 20.0 Å². The third-order valence-electron chi connectivity index (χ3n) is 3.09. The van der Waals surface area contributed by atoms with Crippen LogP contribution in [0.3, 0.4) is 0 Å². The molecule has 18 heavy (non-hydrogen) atoms. The van der Waals surface area contributed by atoms with E-state index in [1.54, 1.807) is 10.9 Å². The Morgan fingerprint density at radius 2 is 2.17 bits per heavy atom. The fraction of sp³-hybridized carbons (Fsp3) is 0.545. The standard InChI is InChI=1S/C11H17N5OS/c1-7(4-8(2)18(12)17)10-5-9-6-13-16(3)11(9)15-14-10/h5-8H,4,12H2,1-3H3/t7-,8?,18?/m1/s1. The van der Waals surface area contributed by atoms with Crippen molar-refractivity contribution in [3.05, 3.63) is 18.0 Å². The van der Waals surface area contributed by atoms with Gasteiger partial charge in [-0.25, -0.2) is 8.89 Å². The molecule has 2 N–H and O–H groups in total. The number of nitrogens with two attached hydrogens (primary N) is 1. The number of hydrogen-bond acceptors (Lipinski definition) is 4. The molecule has 0 spiro atoms. The lowest BCUT2D eigenvalue weighted by Crippen LogP contribution is -2.20. The SMILES string of the molecule is CC(C[C@@H](C)c1cc2cnn(C)c2nn1)S(N)=O. The lowest BCUT2D eigenvalue weighted by atomic mass is 10.0. The molecule has 2 aromatic heterocycles. The van der Waals surface area contributed by atoms with E-state index >= 15 is 0 Å². The first kappa shape index (κ1) is 13.1. The van der Waals surface area contributed by atoms with Gasteiger partial charge in [0.15, 0.2) is 5.65 Å². The number of hydrogen-bond donors (Lipinski definition) is 1. The van der Waals surface area contributed by atoms with Crippen LogP contribution in [0, 0.1) is 0 Å². The van der Waals surface area contributed by atoms with Crippen molar-refractivity contribution >= 4 is 22.0 Å². The third-order valence-corrected chi connectivity index (χ3v) is 4.07. The summed E-state index contributed by atoms with van der Waals surface area (Å²) in [6.07, 6.45) is 2.49. The van der Waals surface area contributed by atoms with Crippen molar-refractivity contribution in [2.24, 2.45) is 12.2 Å². The smallest absolute Gasteiger partial charge is 0.180 e. The summed E-state index contributed by atoms with van der Waals surface area (Å²) in [6, 6.07) is 1.98. The molecule has 7 heteroatoms. The summed E-state index contributed by atoms with van der Waals surface area (Å²) in [7, 11) is 0.541. The van der Waals surface area contributed by atoms with Crippen molar-refractivity contribution in [3.63, 3.8) is 0 Å². The molecule has 0 saturated carbocycles. The van der Waals surface area contributed by atoms with Gasteiger partial charge in [0, 0.05) is 23.6 Å². The molecule has 0 aromatic carbocycles. The van der Waals surface area contributed by atoms with E-state index in [1.165, 1.54) is 0 Å². The molecule has 3 atom stereocenters. The van der Waals surface area contributed by atoms with Crippen LogP contribution in [0.2, 0.25) is 0 Å². The maximum atomic E-state index is 11.2. The fourth-order valence-electron chi connectivity index (χ4n) is 1.92. The summed E-state index contributed by atoms with van der Waals surface area (Å²) in [4.78, 5) is 0. The molecule has 0 aliphatic carbocycles. The number of aromatic nitrogens is 4. The van der Waals surface area contributed by atoms with Crippen molar-refractivity contribution in [3.8, 4) is 0 Å². The van der Waals surface area contributed by atoms with Crippen molar-refractivity contribution in [2.75, 3.05) is 0 Å². The number of fused-ring (bicyclic) bond motifs is 1. The maximum absolute atomic E-state index is 11.2. The number of aryl methyl sites for hydroxylation is 1. The van der Waals surface area contributed by atoms with E-state index in [2.05, 4.69) is 15.3 Å². The van der Waals surface area contributed by atoms with Crippen LogP contribution in [0.15, 0.2) is 12.3 Å². The van der Waals surface area contributed by atoms with Gasteiger partial charge < -0.3 is 0 Å². The molecule has 0 radical (unpaired) electrons. The van der Waals surface area contributed by atoms with Gasteiger partial charge in [0.2, 0.25) is 0 Å². The Bertz CT molecular complexity index is 582. The third kappa shape index (κ3) is 2.56. The van der Waals surface area contributed by atoms with Crippen LogP contribution in [-0.4, -0.2) is 29.4 Å². The Morgan fingerprint density at radius 3 is 2.83 bits per heavy atom. The van der Waals surface area contributed by atoms with E-state index < -0.39 is 11.0 Å². The highest BCUT2D eigenvalue weighted by Gasteiger charge is 2.16. The highest BCUT2D eigenvalue weighted by molar-refractivity contribution is 7.83. The van der Waals surface area contributed by atoms with E-state index in [0.29, 0.717) is 0 Å². The molecular weight excluding hydrogens is 250 g/mol. The zero-order valence-corrected chi connectivity index (χ0v) is 11.5. The number of nitrogens with zero attached hydrogens (tertiary/aromatic N) is 4. The van der Waals surface area contributed by atoms with Gasteiger partial charge in [-0.05, 0) is 19.4 Å². The average Bonchev–Trinajstić information content (AvgIpc) is 2.70. The fourth-order valence-corrected chi connectivity index (χ4v) is 2.40. The van der Waals surface area contributed by atoms with Gasteiger partial charge in [0.25, 0.3) is 0 Å². The molecule has 0 amide bonds. The van der Waals surface area contributed by atoms with Gasteiger partial charge in [0.05, 0.1) is 22.9 Å². The molecule has 0 saturated heterocycles. The van der Waals surface area contributed by atoms with Crippen LogP contribution in [0.25, 0.3) is 11.0 Å². The minimum Gasteiger partial charge on any atom is -0.252 e. The summed E-state index contributed by atoms with van der Waals surface area (Å²) in [6.45, 7) is 3.91. The Morgan fingerprint density at radius 1 is 1.44 bits per heavy atom. The Balaban J connectivity index is 2.22. The monoisotopic (exact) mass is 267 g/mol. The summed E-state index contributed by atoms with van der Waals surface area (Å²) in [5.74, 6) is 0.171. The van der Waals surface area contributed by atoms with E-state index in [9.17, 15) is 4.21 Å². The lowest BCUT2D eigenvalue weighted by Gasteiger charge is -2.14. The van der Waals surface area contributed by atoms with Crippen molar-refractivity contribution in [1.29, 1.82) is 0 Å². The van der Waals surface area contributed by atoms with E-state index in [1.807, 2.05) is 27.0 Å². The Labute approximate surface area is 108 Å². The predicted molar refractivity (Wildman–Crippen MR) is 71.1 cm³/mol. The Kier molecular flexibility index (Phi) is 3.72. The molecule has 2 aromatic rings. The minimum absolute atomic E-state index is 0.0496. The van der Waals surface area contributed by atoms with Crippen LogP contribution in [0.4, 0.5) is 0 Å². The first-order valence-corrected chi connectivity index (χ1v) is 7.07. The second-order valence-electron chi connectivity index (χ2n) is 4.59. The molecule has 0 aliphatic rings. The molecule has 2 heterocycles. The molecule has 0 fully saturated rings. The summed E-state index contributed by atoms with van der Waals surface area (Å²) in [5.41, 5.74) is 1.65. The van der Waals surface area contributed by atoms with E-state index in [-0.39, 0.29) is 11.2 Å². The van der Waals surface area contributed by atoms with Crippen molar-refractivity contribution in [2.45, 2.75) is 31.4 Å². The largest absolute Gasteiger partial charge is 0.252 e. The van der Waals surface area contributed by atoms with E-state index in [0.717, 1.165) is 23.1 Å². The normalized spacial score (nSPS) is 16.7. The summed E-state index contributed by atoms with van der Waals surface area (Å²) in [5, 5.41) is 18.8. The molecule has 0 bridgehead atoms. The maximum Gasteiger partial charge on any atom is 0.180 e. The molecular formula is C11H17N5OS. The second-order valence-corrected chi connectivity index (χ2v) is 6.05. The average molecular weight is 267 g/mol. The number of rotatable bonds is 4. The van der Waals surface area contributed by atoms with Crippen LogP contribution in [-0.2, 0) is 18.0 Å². The highest BCUT2D eigenvalue weighted by Crippen LogP contribution is 2.22.